The van der Waals surface area contributed by atoms with Gasteiger partial charge in [0.1, 0.15) is 0 Å². The summed E-state index contributed by atoms with van der Waals surface area (Å²) >= 11 is 0. The van der Waals surface area contributed by atoms with Crippen molar-refractivity contribution in [3.05, 3.63) is 253 Å². The zero-order valence-electron chi connectivity index (χ0n) is 44.6. The fraction of sp³-hybridized carbons (Fsp3) is 0.200. The highest BCUT2D eigenvalue weighted by atomic mass is 15.1. The SMILES string of the molecule is CC1(C)c2ccccc2-c2ccc(N(c3ccc(-c4ccc(-c5ccc(-n6c7ccc(C8CCCCC8)cc7c7cc(C8CCCCC8)ccc76)cc5)cc4)cc3)c3c(-c4ccccc4)cccc3-c3ccccc3)cc21. The van der Waals surface area contributed by atoms with Crippen molar-refractivity contribution in [3.8, 4) is 61.3 Å². The van der Waals surface area contributed by atoms with Crippen molar-refractivity contribution in [3.63, 3.8) is 0 Å². The minimum Gasteiger partial charge on any atom is -0.309 e. The van der Waals surface area contributed by atoms with Gasteiger partial charge in [0.15, 0.2) is 0 Å². The number of hydrogen-bond donors (Lipinski definition) is 0. The number of fused-ring (bicyclic) bond motifs is 6. The Morgan fingerprint density at radius 2 is 0.792 bits per heavy atom. The van der Waals surface area contributed by atoms with Crippen LogP contribution in [0.4, 0.5) is 17.1 Å². The molecule has 1 heterocycles. The molecule has 0 unspecified atom stereocenters. The Balaban J connectivity index is 0.805. The summed E-state index contributed by atoms with van der Waals surface area (Å²) < 4.78 is 2.52. The van der Waals surface area contributed by atoms with E-state index in [0.717, 1.165) is 17.1 Å². The van der Waals surface area contributed by atoms with Crippen molar-refractivity contribution in [2.75, 3.05) is 4.90 Å². The van der Waals surface area contributed by atoms with Crippen LogP contribution in [-0.4, -0.2) is 4.57 Å². The minimum absolute atomic E-state index is 0.143. The van der Waals surface area contributed by atoms with Gasteiger partial charge in [-0.2, -0.15) is 0 Å². The molecule has 2 fully saturated rings. The van der Waals surface area contributed by atoms with Gasteiger partial charge in [-0.05, 0) is 165 Å². The summed E-state index contributed by atoms with van der Waals surface area (Å²) in [5, 5.41) is 2.82. The first-order valence-electron chi connectivity index (χ1n) is 28.6. The fourth-order valence-electron chi connectivity index (χ4n) is 13.9. The lowest BCUT2D eigenvalue weighted by molar-refractivity contribution is 0.444. The quantitative estimate of drug-likeness (QED) is 0.133. The second-order valence-corrected chi connectivity index (χ2v) is 22.9. The average Bonchev–Trinajstić information content (AvgIpc) is 3.99. The number of aromatic nitrogens is 1. The summed E-state index contributed by atoms with van der Waals surface area (Å²) in [6.45, 7) is 4.75. The number of para-hydroxylation sites is 1. The van der Waals surface area contributed by atoms with Crippen molar-refractivity contribution < 1.29 is 0 Å². The third-order valence-corrected chi connectivity index (χ3v) is 18.0. The molecular formula is C75H66N2. The van der Waals surface area contributed by atoms with Crippen LogP contribution in [0.2, 0.25) is 0 Å². The van der Waals surface area contributed by atoms with Crippen LogP contribution in [0.3, 0.4) is 0 Å². The number of anilines is 3. The Morgan fingerprint density at radius 3 is 1.32 bits per heavy atom. The normalized spacial score (nSPS) is 15.4. The molecule has 0 bridgehead atoms. The maximum atomic E-state index is 2.56. The van der Waals surface area contributed by atoms with Gasteiger partial charge in [-0.1, -0.05) is 222 Å². The van der Waals surface area contributed by atoms with E-state index in [-0.39, 0.29) is 5.41 Å². The Kier molecular flexibility index (Phi) is 12.1. The molecule has 0 atom stereocenters. The molecule has 0 amide bonds. The summed E-state index contributed by atoms with van der Waals surface area (Å²) in [7, 11) is 0. The van der Waals surface area contributed by atoms with Gasteiger partial charge in [0.05, 0.1) is 16.7 Å². The van der Waals surface area contributed by atoms with E-state index in [9.17, 15) is 0 Å². The molecule has 376 valence electrons. The summed E-state index contributed by atoms with van der Waals surface area (Å²) in [5.74, 6) is 1.36. The van der Waals surface area contributed by atoms with Crippen molar-refractivity contribution in [2.45, 2.75) is 95.3 Å². The van der Waals surface area contributed by atoms with E-state index in [1.165, 1.54) is 170 Å². The fourth-order valence-corrected chi connectivity index (χ4v) is 13.9. The van der Waals surface area contributed by atoms with Gasteiger partial charge in [-0.3, -0.25) is 0 Å². The van der Waals surface area contributed by atoms with Crippen LogP contribution in [0, 0.1) is 0 Å². The van der Waals surface area contributed by atoms with Gasteiger partial charge in [0, 0.05) is 44.4 Å². The van der Waals surface area contributed by atoms with E-state index in [1.54, 1.807) is 0 Å². The lowest BCUT2D eigenvalue weighted by Crippen LogP contribution is -2.17. The lowest BCUT2D eigenvalue weighted by atomic mass is 9.82. The van der Waals surface area contributed by atoms with E-state index in [4.69, 9.17) is 0 Å². The molecule has 3 aliphatic carbocycles. The largest absolute Gasteiger partial charge is 0.309 e. The van der Waals surface area contributed by atoms with Gasteiger partial charge < -0.3 is 9.47 Å². The smallest absolute Gasteiger partial charge is 0.0618 e. The van der Waals surface area contributed by atoms with E-state index < -0.39 is 0 Å². The molecule has 0 N–H and O–H groups in total. The van der Waals surface area contributed by atoms with Crippen LogP contribution >= 0.6 is 0 Å². The van der Waals surface area contributed by atoms with Gasteiger partial charge in [-0.15, -0.1) is 0 Å². The Labute approximate surface area is 455 Å². The van der Waals surface area contributed by atoms with Crippen molar-refractivity contribution in [2.24, 2.45) is 0 Å². The summed E-state index contributed by atoms with van der Waals surface area (Å²) in [5.41, 5.74) is 25.1. The molecule has 2 nitrogen and oxygen atoms in total. The lowest BCUT2D eigenvalue weighted by Gasteiger charge is -2.32. The highest BCUT2D eigenvalue weighted by molar-refractivity contribution is 6.10. The van der Waals surface area contributed by atoms with Crippen LogP contribution in [0.5, 0.6) is 0 Å². The van der Waals surface area contributed by atoms with Crippen LogP contribution < -0.4 is 4.90 Å². The van der Waals surface area contributed by atoms with Gasteiger partial charge in [0.25, 0.3) is 0 Å². The Hall–Kier alpha value is -8.20. The molecular weight excluding hydrogens is 929 g/mol. The zero-order chi connectivity index (χ0) is 51.5. The predicted octanol–water partition coefficient (Wildman–Crippen LogP) is 21.3. The monoisotopic (exact) mass is 995 g/mol. The minimum atomic E-state index is -0.143. The molecule has 11 aromatic rings. The highest BCUT2D eigenvalue weighted by Crippen LogP contribution is 2.53. The van der Waals surface area contributed by atoms with Gasteiger partial charge in [0.2, 0.25) is 0 Å². The maximum absolute atomic E-state index is 2.56. The molecule has 3 aliphatic rings. The number of benzene rings is 10. The standard InChI is InChI=1S/C75H66N2/c1-75(2)70-29-16-15-26-66(70)67-45-44-63(50-71(67)75)76(74-64(57-22-11-5-12-23-57)27-17-28-65(74)58-24-13-6-14-25-58)61-40-34-55(35-41-61)53-30-32-54(33-31-53)56-36-42-62(43-37-56)77-72-46-38-59(51-18-7-3-8-19-51)48-68(72)69-49-60(39-47-73(69)77)52-20-9-4-10-21-52/h5-6,11-17,22-52H,3-4,7-10,18-21H2,1-2H3. The van der Waals surface area contributed by atoms with Crippen molar-refractivity contribution >= 4 is 38.9 Å². The second kappa shape index (κ2) is 19.7. The summed E-state index contributed by atoms with van der Waals surface area (Å²) in [4.78, 5) is 2.50. The average molecular weight is 995 g/mol. The molecule has 2 heteroatoms. The molecule has 14 rings (SSSR count). The first kappa shape index (κ1) is 47.3. The molecule has 2 saturated carbocycles. The zero-order valence-corrected chi connectivity index (χ0v) is 44.6. The number of hydrogen-bond acceptors (Lipinski definition) is 1. The summed E-state index contributed by atoms with van der Waals surface area (Å²) in [6, 6.07) is 87.1. The van der Waals surface area contributed by atoms with Crippen molar-refractivity contribution in [1.29, 1.82) is 0 Å². The first-order chi connectivity index (χ1) is 37.9. The topological polar surface area (TPSA) is 8.17 Å². The van der Waals surface area contributed by atoms with E-state index >= 15 is 0 Å². The molecule has 0 spiro atoms. The molecule has 10 aromatic carbocycles. The third-order valence-electron chi connectivity index (χ3n) is 18.0. The van der Waals surface area contributed by atoms with Crippen LogP contribution in [0.1, 0.15) is 112 Å². The number of rotatable bonds is 10. The van der Waals surface area contributed by atoms with Gasteiger partial charge in [-0.25, -0.2) is 0 Å². The molecule has 77 heavy (non-hydrogen) atoms. The molecule has 0 aliphatic heterocycles. The molecule has 0 saturated heterocycles. The van der Waals surface area contributed by atoms with Crippen molar-refractivity contribution in [1.82, 2.24) is 4.57 Å². The molecule has 1 aromatic heterocycles. The van der Waals surface area contributed by atoms with Crippen LogP contribution in [0.25, 0.3) is 83.1 Å². The second-order valence-electron chi connectivity index (χ2n) is 22.9. The van der Waals surface area contributed by atoms with E-state index in [0.29, 0.717) is 11.8 Å². The van der Waals surface area contributed by atoms with Crippen LogP contribution in [0.15, 0.2) is 231 Å². The number of nitrogens with zero attached hydrogens (tertiary/aromatic N) is 2. The van der Waals surface area contributed by atoms with E-state index in [1.807, 2.05) is 0 Å². The van der Waals surface area contributed by atoms with Gasteiger partial charge >= 0.3 is 0 Å². The summed E-state index contributed by atoms with van der Waals surface area (Å²) in [6.07, 6.45) is 13.4. The molecule has 0 radical (unpaired) electrons. The maximum Gasteiger partial charge on any atom is 0.0618 e. The highest BCUT2D eigenvalue weighted by Gasteiger charge is 2.36. The van der Waals surface area contributed by atoms with E-state index in [2.05, 4.69) is 254 Å². The first-order valence-corrected chi connectivity index (χ1v) is 28.6. The Bertz CT molecular complexity index is 3790. The van der Waals surface area contributed by atoms with Crippen LogP contribution in [-0.2, 0) is 5.41 Å². The third kappa shape index (κ3) is 8.50. The Morgan fingerprint density at radius 1 is 0.351 bits per heavy atom. The predicted molar refractivity (Wildman–Crippen MR) is 326 cm³/mol.